The monoisotopic (exact) mass is 237 g/mol. The maximum atomic E-state index is 5.40. The van der Waals surface area contributed by atoms with E-state index in [0.29, 0.717) is 5.92 Å². The molecule has 0 radical (unpaired) electrons. The molecule has 0 amide bonds. The van der Waals surface area contributed by atoms with Gasteiger partial charge in [0, 0.05) is 18.5 Å². The summed E-state index contributed by atoms with van der Waals surface area (Å²) >= 11 is 3.38. The normalized spacial score (nSPS) is 11.0. The van der Waals surface area contributed by atoms with Crippen LogP contribution in [0.15, 0.2) is 0 Å². The first-order chi connectivity index (χ1) is 5.77. The number of rotatable bonds is 8. The molecule has 12 heavy (non-hydrogen) atoms. The van der Waals surface area contributed by atoms with Gasteiger partial charge >= 0.3 is 0 Å². The number of halogens is 1. The fourth-order valence-electron chi connectivity index (χ4n) is 0.780. The SMILES string of the molecule is CC(C)COCCNCCCBr. The fraction of sp³-hybridized carbons (Fsp3) is 1.00. The largest absolute Gasteiger partial charge is 0.380 e. The quantitative estimate of drug-likeness (QED) is 0.516. The molecule has 0 aromatic carbocycles. The van der Waals surface area contributed by atoms with Crippen LogP contribution >= 0.6 is 15.9 Å². The number of nitrogens with one attached hydrogen (secondary N) is 1. The van der Waals surface area contributed by atoms with Crippen LogP contribution in [-0.2, 0) is 4.74 Å². The molecule has 3 heteroatoms. The topological polar surface area (TPSA) is 21.3 Å². The van der Waals surface area contributed by atoms with E-state index in [4.69, 9.17) is 4.74 Å². The van der Waals surface area contributed by atoms with E-state index in [1.165, 1.54) is 6.42 Å². The van der Waals surface area contributed by atoms with Gasteiger partial charge in [-0.05, 0) is 18.9 Å². The van der Waals surface area contributed by atoms with Crippen molar-refractivity contribution >= 4 is 15.9 Å². The second kappa shape index (κ2) is 9.49. The van der Waals surface area contributed by atoms with Crippen LogP contribution in [0, 0.1) is 5.92 Å². The number of hydrogen-bond acceptors (Lipinski definition) is 2. The van der Waals surface area contributed by atoms with Crippen molar-refractivity contribution in [1.82, 2.24) is 5.32 Å². The van der Waals surface area contributed by atoms with Gasteiger partial charge in [0.25, 0.3) is 0 Å². The van der Waals surface area contributed by atoms with Crippen molar-refractivity contribution in [2.75, 3.05) is 31.6 Å². The van der Waals surface area contributed by atoms with Gasteiger partial charge in [-0.15, -0.1) is 0 Å². The van der Waals surface area contributed by atoms with E-state index in [0.717, 1.165) is 31.6 Å². The molecule has 0 saturated carbocycles. The molecule has 0 aromatic rings. The van der Waals surface area contributed by atoms with Crippen molar-refractivity contribution < 1.29 is 4.74 Å². The molecule has 74 valence electrons. The van der Waals surface area contributed by atoms with E-state index in [2.05, 4.69) is 35.1 Å². The lowest BCUT2D eigenvalue weighted by atomic mass is 10.2. The van der Waals surface area contributed by atoms with Crippen LogP contribution in [-0.4, -0.2) is 31.6 Å². The highest BCUT2D eigenvalue weighted by Crippen LogP contribution is 1.91. The standard InChI is InChI=1S/C9H20BrNO/c1-9(2)8-12-7-6-11-5-3-4-10/h9,11H,3-8H2,1-2H3. The Morgan fingerprint density at radius 3 is 2.67 bits per heavy atom. The Kier molecular flexibility index (Phi) is 9.80. The second-order valence-electron chi connectivity index (χ2n) is 3.26. The van der Waals surface area contributed by atoms with Crippen LogP contribution in [0.5, 0.6) is 0 Å². The van der Waals surface area contributed by atoms with E-state index in [-0.39, 0.29) is 0 Å². The lowest BCUT2D eigenvalue weighted by molar-refractivity contribution is 0.112. The summed E-state index contributed by atoms with van der Waals surface area (Å²) in [5.41, 5.74) is 0. The first-order valence-corrected chi connectivity index (χ1v) is 5.74. The van der Waals surface area contributed by atoms with Crippen molar-refractivity contribution in [3.63, 3.8) is 0 Å². The summed E-state index contributed by atoms with van der Waals surface area (Å²) in [5.74, 6) is 0.646. The molecule has 0 heterocycles. The summed E-state index contributed by atoms with van der Waals surface area (Å²) in [6, 6.07) is 0. The van der Waals surface area contributed by atoms with Gasteiger partial charge in [-0.25, -0.2) is 0 Å². The zero-order valence-electron chi connectivity index (χ0n) is 8.11. The van der Waals surface area contributed by atoms with Gasteiger partial charge in [0.1, 0.15) is 0 Å². The molecule has 0 rings (SSSR count). The van der Waals surface area contributed by atoms with Gasteiger partial charge < -0.3 is 10.1 Å². The summed E-state index contributed by atoms with van der Waals surface area (Å²) < 4.78 is 5.40. The zero-order valence-corrected chi connectivity index (χ0v) is 9.69. The van der Waals surface area contributed by atoms with Crippen molar-refractivity contribution in [2.24, 2.45) is 5.92 Å². The van der Waals surface area contributed by atoms with Crippen LogP contribution in [0.3, 0.4) is 0 Å². The third-order valence-electron chi connectivity index (χ3n) is 1.36. The van der Waals surface area contributed by atoms with Crippen LogP contribution in [0.4, 0.5) is 0 Å². The molecule has 0 aromatic heterocycles. The minimum Gasteiger partial charge on any atom is -0.380 e. The predicted molar refractivity (Wildman–Crippen MR) is 56.9 cm³/mol. The summed E-state index contributed by atoms with van der Waals surface area (Å²) in [4.78, 5) is 0. The highest BCUT2D eigenvalue weighted by atomic mass is 79.9. The maximum absolute atomic E-state index is 5.40. The zero-order chi connectivity index (χ0) is 9.23. The number of ether oxygens (including phenoxy) is 1. The number of hydrogen-bond donors (Lipinski definition) is 1. The molecule has 2 nitrogen and oxygen atoms in total. The third kappa shape index (κ3) is 10.4. The summed E-state index contributed by atoms with van der Waals surface area (Å²) in [6.45, 7) is 8.09. The van der Waals surface area contributed by atoms with Gasteiger partial charge in [-0.2, -0.15) is 0 Å². The molecule has 0 aliphatic heterocycles. The molecule has 0 saturated heterocycles. The number of alkyl halides is 1. The third-order valence-corrected chi connectivity index (χ3v) is 1.92. The van der Waals surface area contributed by atoms with Gasteiger partial charge in [0.2, 0.25) is 0 Å². The smallest absolute Gasteiger partial charge is 0.0591 e. The molecule has 1 N–H and O–H groups in total. The Balaban J connectivity index is 2.82. The lowest BCUT2D eigenvalue weighted by Gasteiger charge is -2.07. The summed E-state index contributed by atoms with van der Waals surface area (Å²) in [7, 11) is 0. The Bertz CT molecular complexity index is 88.6. The van der Waals surface area contributed by atoms with Crippen LogP contribution in [0.25, 0.3) is 0 Å². The van der Waals surface area contributed by atoms with Crippen LogP contribution < -0.4 is 5.32 Å². The second-order valence-corrected chi connectivity index (χ2v) is 4.05. The summed E-state index contributed by atoms with van der Waals surface area (Å²) in [6.07, 6.45) is 1.18. The summed E-state index contributed by atoms with van der Waals surface area (Å²) in [5, 5.41) is 4.38. The molecule has 0 aliphatic carbocycles. The molecule has 0 aliphatic rings. The van der Waals surface area contributed by atoms with Crippen LogP contribution in [0.1, 0.15) is 20.3 Å². The Hall–Kier alpha value is 0.400. The predicted octanol–water partition coefficient (Wildman–Crippen LogP) is 2.03. The molecule has 0 atom stereocenters. The van der Waals surface area contributed by atoms with Crippen molar-refractivity contribution in [2.45, 2.75) is 20.3 Å². The van der Waals surface area contributed by atoms with E-state index in [9.17, 15) is 0 Å². The molecular formula is C9H20BrNO. The minimum atomic E-state index is 0.646. The Morgan fingerprint density at radius 2 is 2.08 bits per heavy atom. The minimum absolute atomic E-state index is 0.646. The molecule has 0 bridgehead atoms. The molecule has 0 unspecified atom stereocenters. The van der Waals surface area contributed by atoms with Gasteiger partial charge in [-0.3, -0.25) is 0 Å². The maximum Gasteiger partial charge on any atom is 0.0591 e. The van der Waals surface area contributed by atoms with E-state index in [1.54, 1.807) is 0 Å². The average Bonchev–Trinajstić information content (AvgIpc) is 2.02. The first kappa shape index (κ1) is 12.4. The highest BCUT2D eigenvalue weighted by Gasteiger charge is 1.92. The fourth-order valence-corrected chi connectivity index (χ4v) is 1.06. The Morgan fingerprint density at radius 1 is 1.33 bits per heavy atom. The average molecular weight is 238 g/mol. The van der Waals surface area contributed by atoms with Crippen molar-refractivity contribution in [1.29, 1.82) is 0 Å². The molecular weight excluding hydrogens is 218 g/mol. The first-order valence-electron chi connectivity index (χ1n) is 4.61. The van der Waals surface area contributed by atoms with Crippen LogP contribution in [0.2, 0.25) is 0 Å². The van der Waals surface area contributed by atoms with Crippen molar-refractivity contribution in [3.05, 3.63) is 0 Å². The lowest BCUT2D eigenvalue weighted by Crippen LogP contribution is -2.21. The molecule has 0 fully saturated rings. The van der Waals surface area contributed by atoms with E-state index < -0.39 is 0 Å². The van der Waals surface area contributed by atoms with Gasteiger partial charge in [-0.1, -0.05) is 29.8 Å². The van der Waals surface area contributed by atoms with E-state index >= 15 is 0 Å². The molecule has 0 spiro atoms. The van der Waals surface area contributed by atoms with E-state index in [1.807, 2.05) is 0 Å². The Labute approximate surface area is 84.2 Å². The van der Waals surface area contributed by atoms with Gasteiger partial charge in [0.05, 0.1) is 6.61 Å². The van der Waals surface area contributed by atoms with Crippen molar-refractivity contribution in [3.8, 4) is 0 Å². The highest BCUT2D eigenvalue weighted by molar-refractivity contribution is 9.09. The van der Waals surface area contributed by atoms with Gasteiger partial charge in [0.15, 0.2) is 0 Å².